The lowest BCUT2D eigenvalue weighted by molar-refractivity contribution is -0.122. The molecule has 0 saturated carbocycles. The molecule has 0 aliphatic carbocycles. The van der Waals surface area contributed by atoms with Gasteiger partial charge in [-0.2, -0.15) is 0 Å². The van der Waals surface area contributed by atoms with Gasteiger partial charge in [0.25, 0.3) is 0 Å². The van der Waals surface area contributed by atoms with Gasteiger partial charge < -0.3 is 16.0 Å². The average Bonchev–Trinajstić information content (AvgIpc) is 2.47. The standard InChI is InChI=1S/C17H27N3O/c1-13(2)20-11-9-15(10-12-20)19-17(21)8-7-14-5-3-4-6-16(14)18/h3-6,13,15H,7-12,18H2,1-2H3,(H,19,21). The van der Waals surface area contributed by atoms with E-state index in [0.717, 1.165) is 37.2 Å². The molecule has 1 aliphatic heterocycles. The lowest BCUT2D eigenvalue weighted by atomic mass is 10.0. The third-order valence-corrected chi connectivity index (χ3v) is 4.30. The number of para-hydroxylation sites is 1. The fourth-order valence-electron chi connectivity index (χ4n) is 2.87. The summed E-state index contributed by atoms with van der Waals surface area (Å²) in [5.41, 5.74) is 7.73. The van der Waals surface area contributed by atoms with Gasteiger partial charge in [-0.3, -0.25) is 4.79 Å². The Morgan fingerprint density at radius 2 is 2.00 bits per heavy atom. The number of piperidine rings is 1. The Bertz CT molecular complexity index is 465. The number of nitrogens with two attached hydrogens (primary N) is 1. The van der Waals surface area contributed by atoms with Crippen molar-refractivity contribution < 1.29 is 4.79 Å². The van der Waals surface area contributed by atoms with Crippen LogP contribution in [-0.4, -0.2) is 36.0 Å². The molecule has 1 heterocycles. The maximum Gasteiger partial charge on any atom is 0.220 e. The summed E-state index contributed by atoms with van der Waals surface area (Å²) < 4.78 is 0. The number of benzene rings is 1. The van der Waals surface area contributed by atoms with E-state index in [9.17, 15) is 4.79 Å². The highest BCUT2D eigenvalue weighted by molar-refractivity contribution is 5.76. The molecule has 4 heteroatoms. The molecule has 0 atom stereocenters. The van der Waals surface area contributed by atoms with E-state index in [4.69, 9.17) is 5.73 Å². The minimum Gasteiger partial charge on any atom is -0.399 e. The molecule has 2 rings (SSSR count). The second kappa shape index (κ2) is 7.46. The zero-order chi connectivity index (χ0) is 15.2. The van der Waals surface area contributed by atoms with Crippen molar-refractivity contribution in [2.75, 3.05) is 18.8 Å². The molecule has 21 heavy (non-hydrogen) atoms. The first-order valence-corrected chi connectivity index (χ1v) is 7.93. The highest BCUT2D eigenvalue weighted by atomic mass is 16.1. The highest BCUT2D eigenvalue weighted by Gasteiger charge is 2.21. The number of hydrogen-bond acceptors (Lipinski definition) is 3. The number of nitrogens with one attached hydrogen (secondary N) is 1. The molecule has 0 aromatic heterocycles. The summed E-state index contributed by atoms with van der Waals surface area (Å²) in [6, 6.07) is 8.69. The van der Waals surface area contributed by atoms with Crippen LogP contribution in [0.1, 0.15) is 38.7 Å². The van der Waals surface area contributed by atoms with Crippen molar-refractivity contribution in [2.24, 2.45) is 0 Å². The first kappa shape index (κ1) is 15.8. The molecule has 4 nitrogen and oxygen atoms in total. The fourth-order valence-corrected chi connectivity index (χ4v) is 2.87. The monoisotopic (exact) mass is 289 g/mol. The van der Waals surface area contributed by atoms with Crippen LogP contribution in [0.3, 0.4) is 0 Å². The van der Waals surface area contributed by atoms with Crippen LogP contribution < -0.4 is 11.1 Å². The number of amides is 1. The maximum atomic E-state index is 12.0. The molecule has 0 radical (unpaired) electrons. The predicted octanol–water partition coefficient (Wildman–Crippen LogP) is 2.19. The summed E-state index contributed by atoms with van der Waals surface area (Å²) in [5, 5.41) is 3.16. The lowest BCUT2D eigenvalue weighted by Crippen LogP contribution is -2.46. The Balaban J connectivity index is 1.72. The topological polar surface area (TPSA) is 58.4 Å². The third kappa shape index (κ3) is 4.74. The minimum atomic E-state index is 0.140. The number of rotatable bonds is 5. The first-order chi connectivity index (χ1) is 10.1. The highest BCUT2D eigenvalue weighted by Crippen LogP contribution is 2.15. The van der Waals surface area contributed by atoms with Gasteiger partial charge in [-0.15, -0.1) is 0 Å². The molecule has 1 amide bonds. The minimum absolute atomic E-state index is 0.140. The molecule has 1 aromatic rings. The summed E-state index contributed by atoms with van der Waals surface area (Å²) in [6.45, 7) is 6.61. The van der Waals surface area contributed by atoms with Gasteiger partial charge in [-0.1, -0.05) is 18.2 Å². The normalized spacial score (nSPS) is 17.1. The molecule has 0 bridgehead atoms. The molecular weight excluding hydrogens is 262 g/mol. The lowest BCUT2D eigenvalue weighted by Gasteiger charge is -2.34. The number of anilines is 1. The molecule has 116 valence electrons. The van der Waals surface area contributed by atoms with Crippen molar-refractivity contribution >= 4 is 11.6 Å². The number of carbonyl (C=O) groups is 1. The van der Waals surface area contributed by atoms with Gasteiger partial charge in [0.05, 0.1) is 0 Å². The summed E-state index contributed by atoms with van der Waals surface area (Å²) >= 11 is 0. The Labute approximate surface area is 127 Å². The molecule has 1 aliphatic rings. The van der Waals surface area contributed by atoms with Crippen LogP contribution >= 0.6 is 0 Å². The molecule has 0 spiro atoms. The molecular formula is C17H27N3O. The van der Waals surface area contributed by atoms with Gasteiger partial charge in [0.1, 0.15) is 0 Å². The quantitative estimate of drug-likeness (QED) is 0.817. The summed E-state index contributed by atoms with van der Waals surface area (Å²) in [4.78, 5) is 14.5. The van der Waals surface area contributed by atoms with Gasteiger partial charge in [0.2, 0.25) is 5.91 Å². The van der Waals surface area contributed by atoms with E-state index in [1.54, 1.807) is 0 Å². The number of likely N-dealkylation sites (tertiary alicyclic amines) is 1. The van der Waals surface area contributed by atoms with E-state index in [1.807, 2.05) is 24.3 Å². The second-order valence-corrected chi connectivity index (χ2v) is 6.17. The van der Waals surface area contributed by atoms with Crippen LogP contribution in [0.2, 0.25) is 0 Å². The maximum absolute atomic E-state index is 12.0. The Hall–Kier alpha value is -1.55. The fraction of sp³-hybridized carbons (Fsp3) is 0.588. The van der Waals surface area contributed by atoms with Crippen molar-refractivity contribution in [1.82, 2.24) is 10.2 Å². The van der Waals surface area contributed by atoms with E-state index in [2.05, 4.69) is 24.1 Å². The van der Waals surface area contributed by atoms with Gasteiger partial charge in [0.15, 0.2) is 0 Å². The Morgan fingerprint density at radius 3 is 2.62 bits per heavy atom. The van der Waals surface area contributed by atoms with Crippen LogP contribution in [0.4, 0.5) is 5.69 Å². The van der Waals surface area contributed by atoms with E-state index >= 15 is 0 Å². The van der Waals surface area contributed by atoms with Gasteiger partial charge in [-0.25, -0.2) is 0 Å². The van der Waals surface area contributed by atoms with Crippen molar-refractivity contribution in [3.05, 3.63) is 29.8 Å². The number of carbonyl (C=O) groups excluding carboxylic acids is 1. The third-order valence-electron chi connectivity index (χ3n) is 4.30. The van der Waals surface area contributed by atoms with Crippen molar-refractivity contribution in [3.63, 3.8) is 0 Å². The molecule has 3 N–H and O–H groups in total. The van der Waals surface area contributed by atoms with Crippen LogP contribution in [0.5, 0.6) is 0 Å². The zero-order valence-corrected chi connectivity index (χ0v) is 13.1. The van der Waals surface area contributed by atoms with E-state index in [1.165, 1.54) is 0 Å². The van der Waals surface area contributed by atoms with Crippen LogP contribution in [0, 0.1) is 0 Å². The van der Waals surface area contributed by atoms with Crippen LogP contribution in [0.15, 0.2) is 24.3 Å². The Kier molecular flexibility index (Phi) is 5.62. The molecule has 1 saturated heterocycles. The molecule has 1 fully saturated rings. The van der Waals surface area contributed by atoms with Crippen LogP contribution in [-0.2, 0) is 11.2 Å². The Morgan fingerprint density at radius 1 is 1.33 bits per heavy atom. The van der Waals surface area contributed by atoms with Gasteiger partial charge >= 0.3 is 0 Å². The van der Waals surface area contributed by atoms with Gasteiger partial charge in [0, 0.05) is 37.3 Å². The van der Waals surface area contributed by atoms with Gasteiger partial charge in [-0.05, 0) is 44.7 Å². The van der Waals surface area contributed by atoms with Crippen molar-refractivity contribution in [1.29, 1.82) is 0 Å². The number of nitrogens with zero attached hydrogens (tertiary/aromatic N) is 1. The van der Waals surface area contributed by atoms with E-state index in [0.29, 0.717) is 24.9 Å². The number of hydrogen-bond donors (Lipinski definition) is 2. The van der Waals surface area contributed by atoms with E-state index < -0.39 is 0 Å². The molecule has 1 aromatic carbocycles. The number of nitrogen functional groups attached to an aromatic ring is 1. The van der Waals surface area contributed by atoms with Crippen molar-refractivity contribution in [3.8, 4) is 0 Å². The number of aryl methyl sites for hydroxylation is 1. The second-order valence-electron chi connectivity index (χ2n) is 6.17. The zero-order valence-electron chi connectivity index (χ0n) is 13.1. The predicted molar refractivity (Wildman–Crippen MR) is 87.0 cm³/mol. The summed E-state index contributed by atoms with van der Waals surface area (Å²) in [5.74, 6) is 0.140. The van der Waals surface area contributed by atoms with Crippen LogP contribution in [0.25, 0.3) is 0 Å². The van der Waals surface area contributed by atoms with E-state index in [-0.39, 0.29) is 5.91 Å². The first-order valence-electron chi connectivity index (χ1n) is 7.93. The average molecular weight is 289 g/mol. The van der Waals surface area contributed by atoms with Crippen molar-refractivity contribution in [2.45, 2.75) is 51.6 Å². The summed E-state index contributed by atoms with van der Waals surface area (Å²) in [6.07, 6.45) is 3.33. The summed E-state index contributed by atoms with van der Waals surface area (Å²) in [7, 11) is 0. The largest absolute Gasteiger partial charge is 0.399 e. The SMILES string of the molecule is CC(C)N1CCC(NC(=O)CCc2ccccc2N)CC1. The molecule has 0 unspecified atom stereocenters. The smallest absolute Gasteiger partial charge is 0.220 e.